The lowest BCUT2D eigenvalue weighted by atomic mass is 9.85. The third kappa shape index (κ3) is 4.02. The minimum atomic E-state index is 0.494. The molecule has 5 nitrogen and oxygen atoms in total. The van der Waals surface area contributed by atoms with Crippen molar-refractivity contribution in [3.8, 4) is 0 Å². The average Bonchev–Trinajstić information content (AvgIpc) is 3.23. The summed E-state index contributed by atoms with van der Waals surface area (Å²) < 4.78 is 1.94. The second-order valence-electron chi connectivity index (χ2n) is 8.06. The van der Waals surface area contributed by atoms with E-state index in [0.29, 0.717) is 12.0 Å². The van der Waals surface area contributed by atoms with Crippen LogP contribution in [0.5, 0.6) is 0 Å². The van der Waals surface area contributed by atoms with Gasteiger partial charge >= 0.3 is 0 Å². The minimum Gasteiger partial charge on any atom is -0.301 e. The zero-order chi connectivity index (χ0) is 18.1. The molecular weight excluding hydrogens is 342 g/mol. The fourth-order valence-corrected chi connectivity index (χ4v) is 5.59. The molecule has 3 heterocycles. The summed E-state index contributed by atoms with van der Waals surface area (Å²) >= 11 is 1.92. The van der Waals surface area contributed by atoms with Crippen LogP contribution < -0.4 is 0 Å². The van der Waals surface area contributed by atoms with Crippen molar-refractivity contribution in [3.05, 3.63) is 34.0 Å². The lowest BCUT2D eigenvalue weighted by Gasteiger charge is -2.42. The Bertz CT molecular complexity index is 719. The number of thiazole rings is 1. The normalized spacial score (nSPS) is 24.5. The standard InChI is InChI=1S/C20H31N5S/c1-4-25-9-5-6-16(19(25)17-10-22-24(3)13-17)12-23(2)14-18-11-21-20(26-18)15-7-8-15/h10-11,13,15-16,19H,4-9,12,14H2,1-3H3/t16-,19+/m0/s1. The lowest BCUT2D eigenvalue weighted by molar-refractivity contribution is 0.0751. The number of piperidine rings is 1. The molecule has 2 fully saturated rings. The molecule has 0 N–H and O–H groups in total. The zero-order valence-electron chi connectivity index (χ0n) is 16.3. The van der Waals surface area contributed by atoms with Crippen molar-refractivity contribution < 1.29 is 0 Å². The maximum atomic E-state index is 4.64. The van der Waals surface area contributed by atoms with E-state index in [4.69, 9.17) is 0 Å². The summed E-state index contributed by atoms with van der Waals surface area (Å²) in [7, 11) is 4.28. The molecule has 0 spiro atoms. The van der Waals surface area contributed by atoms with Crippen LogP contribution in [-0.4, -0.2) is 51.2 Å². The highest BCUT2D eigenvalue weighted by molar-refractivity contribution is 7.11. The van der Waals surface area contributed by atoms with E-state index in [-0.39, 0.29) is 0 Å². The molecule has 6 heteroatoms. The fraction of sp³-hybridized carbons (Fsp3) is 0.700. The van der Waals surface area contributed by atoms with Gasteiger partial charge in [-0.3, -0.25) is 9.58 Å². The fourth-order valence-electron chi connectivity index (χ4n) is 4.42. The van der Waals surface area contributed by atoms with E-state index in [2.05, 4.69) is 52.4 Å². The molecule has 0 amide bonds. The largest absolute Gasteiger partial charge is 0.301 e. The molecule has 2 atom stereocenters. The van der Waals surface area contributed by atoms with Crippen molar-refractivity contribution in [2.75, 3.05) is 26.7 Å². The molecule has 1 aliphatic carbocycles. The molecule has 4 rings (SSSR count). The molecule has 0 unspecified atom stereocenters. The number of hydrogen-bond acceptors (Lipinski definition) is 5. The molecule has 2 aliphatic rings. The van der Waals surface area contributed by atoms with E-state index in [9.17, 15) is 0 Å². The predicted octanol–water partition coefficient (Wildman–Crippen LogP) is 3.66. The number of rotatable bonds is 7. The van der Waals surface area contributed by atoms with Gasteiger partial charge in [-0.15, -0.1) is 11.3 Å². The van der Waals surface area contributed by atoms with Crippen molar-refractivity contribution in [2.24, 2.45) is 13.0 Å². The summed E-state index contributed by atoms with van der Waals surface area (Å²) in [5.74, 6) is 1.43. The van der Waals surface area contributed by atoms with E-state index in [0.717, 1.165) is 25.6 Å². The predicted molar refractivity (Wildman–Crippen MR) is 106 cm³/mol. The summed E-state index contributed by atoms with van der Waals surface area (Å²) in [6, 6.07) is 0.494. The maximum absolute atomic E-state index is 4.64. The Balaban J connectivity index is 1.43. The summed E-state index contributed by atoms with van der Waals surface area (Å²) in [4.78, 5) is 11.2. The number of aromatic nitrogens is 3. The van der Waals surface area contributed by atoms with Crippen molar-refractivity contribution in [3.63, 3.8) is 0 Å². The van der Waals surface area contributed by atoms with Crippen molar-refractivity contribution in [1.29, 1.82) is 0 Å². The van der Waals surface area contributed by atoms with Crippen LogP contribution in [0.1, 0.15) is 60.0 Å². The maximum Gasteiger partial charge on any atom is 0.0959 e. The Labute approximate surface area is 161 Å². The Morgan fingerprint density at radius 3 is 2.81 bits per heavy atom. The first-order valence-corrected chi connectivity index (χ1v) is 10.8. The van der Waals surface area contributed by atoms with Gasteiger partial charge in [-0.1, -0.05) is 6.92 Å². The first kappa shape index (κ1) is 18.1. The molecule has 0 radical (unpaired) electrons. The van der Waals surface area contributed by atoms with Gasteiger partial charge in [0.1, 0.15) is 0 Å². The summed E-state index contributed by atoms with van der Waals surface area (Å²) in [5.41, 5.74) is 1.38. The Morgan fingerprint density at radius 2 is 2.12 bits per heavy atom. The van der Waals surface area contributed by atoms with Gasteiger partial charge in [0.15, 0.2) is 0 Å². The van der Waals surface area contributed by atoms with Crippen LogP contribution in [0, 0.1) is 5.92 Å². The molecule has 142 valence electrons. The summed E-state index contributed by atoms with van der Waals surface area (Å²) in [5, 5.41) is 5.79. The monoisotopic (exact) mass is 373 g/mol. The van der Waals surface area contributed by atoms with E-state index in [1.807, 2.05) is 23.1 Å². The lowest BCUT2D eigenvalue weighted by Crippen LogP contribution is -2.42. The zero-order valence-corrected chi connectivity index (χ0v) is 17.1. The Morgan fingerprint density at radius 1 is 1.27 bits per heavy atom. The highest BCUT2D eigenvalue weighted by Crippen LogP contribution is 2.42. The molecule has 1 saturated heterocycles. The van der Waals surface area contributed by atoms with E-state index >= 15 is 0 Å². The van der Waals surface area contributed by atoms with E-state index in [1.54, 1.807) is 0 Å². The molecule has 1 saturated carbocycles. The Kier molecular flexibility index (Phi) is 5.43. The van der Waals surface area contributed by atoms with Crippen LogP contribution in [0.3, 0.4) is 0 Å². The van der Waals surface area contributed by atoms with Crippen molar-refractivity contribution in [2.45, 2.75) is 51.1 Å². The minimum absolute atomic E-state index is 0.494. The molecule has 0 aromatic carbocycles. The molecule has 1 aliphatic heterocycles. The van der Waals surface area contributed by atoms with Crippen LogP contribution >= 0.6 is 11.3 Å². The van der Waals surface area contributed by atoms with Crippen LogP contribution in [0.15, 0.2) is 18.6 Å². The number of likely N-dealkylation sites (tertiary alicyclic amines) is 1. The molecule has 2 aromatic heterocycles. The number of nitrogens with zero attached hydrogens (tertiary/aromatic N) is 5. The third-order valence-corrected chi connectivity index (χ3v) is 6.95. The topological polar surface area (TPSA) is 37.2 Å². The van der Waals surface area contributed by atoms with Crippen LogP contribution in [0.25, 0.3) is 0 Å². The highest BCUT2D eigenvalue weighted by Gasteiger charge is 2.33. The second-order valence-corrected chi connectivity index (χ2v) is 9.21. The molecule has 26 heavy (non-hydrogen) atoms. The van der Waals surface area contributed by atoms with Gasteiger partial charge in [-0.2, -0.15) is 5.10 Å². The SMILES string of the molecule is CCN1CCC[C@@H](CN(C)Cc2cnc(C3CC3)s2)[C@@H]1c1cnn(C)c1. The van der Waals surface area contributed by atoms with E-state index in [1.165, 1.54) is 47.7 Å². The number of hydrogen-bond donors (Lipinski definition) is 0. The smallest absolute Gasteiger partial charge is 0.0959 e. The van der Waals surface area contributed by atoms with E-state index < -0.39 is 0 Å². The van der Waals surface area contributed by atoms with Crippen molar-refractivity contribution >= 4 is 11.3 Å². The first-order chi connectivity index (χ1) is 12.6. The van der Waals surface area contributed by atoms with Crippen molar-refractivity contribution in [1.82, 2.24) is 24.6 Å². The van der Waals surface area contributed by atoms with Gasteiger partial charge in [0.25, 0.3) is 0 Å². The second kappa shape index (κ2) is 7.79. The van der Waals surface area contributed by atoms with Gasteiger partial charge in [0.05, 0.1) is 11.2 Å². The van der Waals surface area contributed by atoms with Crippen LogP contribution in [-0.2, 0) is 13.6 Å². The molecule has 2 aromatic rings. The molecular formula is C20H31N5S. The van der Waals surface area contributed by atoms with Crippen LogP contribution in [0.2, 0.25) is 0 Å². The Hall–Kier alpha value is -1.24. The van der Waals surface area contributed by atoms with Gasteiger partial charge in [0, 0.05) is 54.9 Å². The average molecular weight is 374 g/mol. The first-order valence-electron chi connectivity index (χ1n) is 9.99. The highest BCUT2D eigenvalue weighted by atomic mass is 32.1. The van der Waals surface area contributed by atoms with Gasteiger partial charge in [0.2, 0.25) is 0 Å². The quantitative estimate of drug-likeness (QED) is 0.742. The van der Waals surface area contributed by atoms with Gasteiger partial charge in [-0.25, -0.2) is 4.98 Å². The van der Waals surface area contributed by atoms with Crippen LogP contribution in [0.4, 0.5) is 0 Å². The van der Waals surface area contributed by atoms with Gasteiger partial charge < -0.3 is 4.90 Å². The van der Waals surface area contributed by atoms with Gasteiger partial charge in [-0.05, 0) is 51.7 Å². The third-order valence-electron chi connectivity index (χ3n) is 5.80. The summed E-state index contributed by atoms with van der Waals surface area (Å²) in [6.45, 7) is 6.75. The number of aryl methyl sites for hydroxylation is 1. The summed E-state index contributed by atoms with van der Waals surface area (Å²) in [6.07, 6.45) is 11.7. The molecule has 0 bridgehead atoms.